The van der Waals surface area contributed by atoms with Gasteiger partial charge in [0.1, 0.15) is 0 Å². The predicted molar refractivity (Wildman–Crippen MR) is 135 cm³/mol. The number of thioether (sulfide) groups is 1. The summed E-state index contributed by atoms with van der Waals surface area (Å²) in [4.78, 5) is 17.5. The van der Waals surface area contributed by atoms with E-state index in [1.807, 2.05) is 11.9 Å². The lowest BCUT2D eigenvalue weighted by molar-refractivity contribution is -0.129. The summed E-state index contributed by atoms with van der Waals surface area (Å²) in [6, 6.07) is 8.72. The van der Waals surface area contributed by atoms with Gasteiger partial charge in [-0.1, -0.05) is 43.0 Å². The number of rotatable bonds is 7. The normalized spacial score (nSPS) is 23.2. The highest BCUT2D eigenvalue weighted by Crippen LogP contribution is 2.34. The highest BCUT2D eigenvalue weighted by molar-refractivity contribution is 7.99. The van der Waals surface area contributed by atoms with Crippen LogP contribution in [0.1, 0.15) is 62.6 Å². The second-order valence-electron chi connectivity index (χ2n) is 10.1. The van der Waals surface area contributed by atoms with Crippen molar-refractivity contribution >= 4 is 23.6 Å². The van der Waals surface area contributed by atoms with Crippen LogP contribution in [-0.4, -0.2) is 64.2 Å². The molecule has 2 aromatic rings. The Morgan fingerprint density at radius 2 is 1.97 bits per heavy atom. The van der Waals surface area contributed by atoms with Crippen molar-refractivity contribution in [2.75, 3.05) is 37.4 Å². The number of amides is 1. The van der Waals surface area contributed by atoms with Gasteiger partial charge in [0.2, 0.25) is 11.9 Å². The Bertz CT molecular complexity index is 981. The lowest BCUT2D eigenvalue weighted by atomic mass is 9.87. The van der Waals surface area contributed by atoms with Crippen LogP contribution in [0.25, 0.3) is 0 Å². The second-order valence-corrected chi connectivity index (χ2v) is 11.0. The molecule has 34 heavy (non-hydrogen) atoms. The van der Waals surface area contributed by atoms with Gasteiger partial charge in [0.15, 0.2) is 5.16 Å². The van der Waals surface area contributed by atoms with Gasteiger partial charge in [-0.05, 0) is 62.0 Å². The number of aromatic nitrogens is 3. The fourth-order valence-electron chi connectivity index (χ4n) is 5.51. The molecule has 0 bridgehead atoms. The van der Waals surface area contributed by atoms with Crippen LogP contribution in [0.4, 0.5) is 5.95 Å². The molecule has 1 amide bonds. The quantitative estimate of drug-likeness (QED) is 0.547. The number of carbonyl (C=O) groups excluding carboxylic acids is 1. The molecule has 0 N–H and O–H groups in total. The maximum Gasteiger partial charge on any atom is 0.233 e. The molecule has 5 rings (SSSR count). The molecule has 3 heterocycles. The Morgan fingerprint density at radius 3 is 2.76 bits per heavy atom. The maximum atomic E-state index is 13.2. The van der Waals surface area contributed by atoms with Gasteiger partial charge < -0.3 is 14.5 Å². The van der Waals surface area contributed by atoms with E-state index in [1.165, 1.54) is 35.7 Å². The largest absolute Gasteiger partial charge is 0.376 e. The monoisotopic (exact) mass is 483 g/mol. The molecule has 2 atom stereocenters. The molecular formula is C26H37N5O2S. The summed E-state index contributed by atoms with van der Waals surface area (Å²) in [7, 11) is 1.95. The van der Waals surface area contributed by atoms with E-state index in [4.69, 9.17) is 4.74 Å². The van der Waals surface area contributed by atoms with Gasteiger partial charge in [-0.2, -0.15) is 0 Å². The van der Waals surface area contributed by atoms with Gasteiger partial charge in [0.05, 0.1) is 24.4 Å². The van der Waals surface area contributed by atoms with E-state index >= 15 is 0 Å². The minimum absolute atomic E-state index is 0.145. The van der Waals surface area contributed by atoms with Crippen LogP contribution in [0.5, 0.6) is 0 Å². The number of benzene rings is 1. The van der Waals surface area contributed by atoms with Crippen molar-refractivity contribution in [3.05, 3.63) is 35.4 Å². The van der Waals surface area contributed by atoms with Crippen molar-refractivity contribution in [1.82, 2.24) is 19.7 Å². The number of ether oxygens (including phenoxy) is 1. The average Bonchev–Trinajstić information content (AvgIpc) is 3.53. The van der Waals surface area contributed by atoms with Gasteiger partial charge in [-0.3, -0.25) is 9.36 Å². The fourth-order valence-corrected chi connectivity index (χ4v) is 6.38. The third-order valence-electron chi connectivity index (χ3n) is 7.70. The van der Waals surface area contributed by atoms with Crippen LogP contribution in [0, 0.1) is 5.92 Å². The average molecular weight is 484 g/mol. The first kappa shape index (κ1) is 23.7. The molecule has 2 fully saturated rings. The number of piperidine rings is 1. The third kappa shape index (κ3) is 5.13. The molecule has 0 saturated carbocycles. The topological polar surface area (TPSA) is 63.5 Å². The number of carbonyl (C=O) groups is 1. The summed E-state index contributed by atoms with van der Waals surface area (Å²) < 4.78 is 8.15. The van der Waals surface area contributed by atoms with Gasteiger partial charge in [-0.25, -0.2) is 0 Å². The molecule has 7 nitrogen and oxygen atoms in total. The van der Waals surface area contributed by atoms with E-state index in [0.29, 0.717) is 5.75 Å². The Labute approximate surface area is 207 Å². The van der Waals surface area contributed by atoms with Crippen molar-refractivity contribution in [3.63, 3.8) is 0 Å². The number of hydrogen-bond acceptors (Lipinski definition) is 6. The fraction of sp³-hybridized carbons (Fsp3) is 0.654. The van der Waals surface area contributed by atoms with Crippen molar-refractivity contribution < 1.29 is 9.53 Å². The van der Waals surface area contributed by atoms with Crippen LogP contribution >= 0.6 is 11.8 Å². The molecular weight excluding hydrogens is 446 g/mol. The Hall–Kier alpha value is -2.06. The number of hydrogen-bond donors (Lipinski definition) is 0. The smallest absolute Gasteiger partial charge is 0.233 e. The Kier molecular flexibility index (Phi) is 7.44. The Balaban J connectivity index is 1.28. The van der Waals surface area contributed by atoms with E-state index in [0.717, 1.165) is 75.4 Å². The first-order chi connectivity index (χ1) is 16.6. The van der Waals surface area contributed by atoms with E-state index in [1.54, 1.807) is 0 Å². The molecule has 2 unspecified atom stereocenters. The minimum atomic E-state index is 0.145. The Morgan fingerprint density at radius 1 is 1.15 bits per heavy atom. The molecule has 0 spiro atoms. The van der Waals surface area contributed by atoms with Crippen LogP contribution in [-0.2, 0) is 22.5 Å². The SMILES string of the molecule is CC1CCN(c2nnc(SCC(=O)N(C)C3CCCc4ccccc43)n2CC2CCCO2)CC1. The summed E-state index contributed by atoms with van der Waals surface area (Å²) in [5, 5.41) is 9.96. The molecule has 2 saturated heterocycles. The summed E-state index contributed by atoms with van der Waals surface area (Å²) in [5.41, 5.74) is 2.68. The summed E-state index contributed by atoms with van der Waals surface area (Å²) in [6.45, 7) is 5.94. The minimum Gasteiger partial charge on any atom is -0.376 e. The zero-order valence-corrected chi connectivity index (χ0v) is 21.3. The molecule has 184 valence electrons. The molecule has 3 aliphatic rings. The highest BCUT2D eigenvalue weighted by Gasteiger charge is 2.29. The number of aryl methyl sites for hydroxylation is 1. The summed E-state index contributed by atoms with van der Waals surface area (Å²) in [6.07, 6.45) is 8.00. The van der Waals surface area contributed by atoms with E-state index in [9.17, 15) is 4.79 Å². The lowest BCUT2D eigenvalue weighted by Crippen LogP contribution is -2.35. The van der Waals surface area contributed by atoms with Crippen LogP contribution in [0.15, 0.2) is 29.4 Å². The van der Waals surface area contributed by atoms with Gasteiger partial charge in [-0.15, -0.1) is 10.2 Å². The van der Waals surface area contributed by atoms with Crippen LogP contribution in [0.2, 0.25) is 0 Å². The van der Waals surface area contributed by atoms with Gasteiger partial charge >= 0.3 is 0 Å². The summed E-state index contributed by atoms with van der Waals surface area (Å²) >= 11 is 1.51. The lowest BCUT2D eigenvalue weighted by Gasteiger charge is -2.33. The van der Waals surface area contributed by atoms with Crippen LogP contribution in [0.3, 0.4) is 0 Å². The van der Waals surface area contributed by atoms with E-state index in [-0.39, 0.29) is 18.1 Å². The van der Waals surface area contributed by atoms with Crippen molar-refractivity contribution in [2.45, 2.75) is 75.7 Å². The zero-order valence-electron chi connectivity index (χ0n) is 20.5. The first-order valence-electron chi connectivity index (χ1n) is 12.9. The van der Waals surface area contributed by atoms with E-state index < -0.39 is 0 Å². The predicted octanol–water partition coefficient (Wildman–Crippen LogP) is 4.32. The van der Waals surface area contributed by atoms with E-state index in [2.05, 4.69) is 50.9 Å². The standard InChI is InChI=1S/C26H37N5O2S/c1-19-12-14-30(15-13-19)25-27-28-26(31(25)17-21-9-6-16-33-21)34-18-24(32)29(2)23-11-5-8-20-7-3-4-10-22(20)23/h3-4,7,10,19,21,23H,5-6,8-9,11-18H2,1-2H3. The van der Waals surface area contributed by atoms with Gasteiger partial charge in [0.25, 0.3) is 0 Å². The number of nitrogens with zero attached hydrogens (tertiary/aromatic N) is 5. The van der Waals surface area contributed by atoms with Crippen LogP contribution < -0.4 is 4.90 Å². The molecule has 1 aliphatic carbocycles. The molecule has 8 heteroatoms. The van der Waals surface area contributed by atoms with Gasteiger partial charge in [0, 0.05) is 26.7 Å². The number of anilines is 1. The zero-order chi connectivity index (χ0) is 23.5. The number of fused-ring (bicyclic) bond motifs is 1. The molecule has 1 aromatic heterocycles. The molecule has 2 aliphatic heterocycles. The highest BCUT2D eigenvalue weighted by atomic mass is 32.2. The molecule has 0 radical (unpaired) electrons. The van der Waals surface area contributed by atoms with Crippen molar-refractivity contribution in [3.8, 4) is 0 Å². The van der Waals surface area contributed by atoms with Crippen molar-refractivity contribution in [2.24, 2.45) is 5.92 Å². The third-order valence-corrected chi connectivity index (χ3v) is 8.65. The maximum absolute atomic E-state index is 13.2. The second kappa shape index (κ2) is 10.7. The summed E-state index contributed by atoms with van der Waals surface area (Å²) in [5.74, 6) is 2.21. The van der Waals surface area contributed by atoms with Crippen molar-refractivity contribution in [1.29, 1.82) is 0 Å². The first-order valence-corrected chi connectivity index (χ1v) is 13.8. The molecule has 1 aromatic carbocycles.